The number of fused-ring (bicyclic) bond motifs is 2. The Morgan fingerprint density at radius 3 is 2.56 bits per heavy atom. The molecule has 2 aromatic rings. The number of carbonyl (C=O) groups excluding carboxylic acids is 1. The van der Waals surface area contributed by atoms with Crippen molar-refractivity contribution in [2.24, 2.45) is 0 Å². The molecule has 3 aliphatic rings. The molecule has 0 saturated carbocycles. The summed E-state index contributed by atoms with van der Waals surface area (Å²) in [4.78, 5) is 14.3. The molecule has 0 aliphatic carbocycles. The van der Waals surface area contributed by atoms with Crippen molar-refractivity contribution >= 4 is 15.9 Å². The van der Waals surface area contributed by atoms with Gasteiger partial charge in [-0.3, -0.25) is 4.79 Å². The number of nitrogens with one attached hydrogen (secondary N) is 1. The molecule has 3 aliphatic heterocycles. The van der Waals surface area contributed by atoms with E-state index in [1.54, 1.807) is 23.1 Å². The van der Waals surface area contributed by atoms with E-state index in [1.807, 2.05) is 0 Å². The summed E-state index contributed by atoms with van der Waals surface area (Å²) in [6, 6.07) is 9.57. The van der Waals surface area contributed by atoms with Crippen LogP contribution in [0.25, 0.3) is 0 Å². The molecule has 1 saturated heterocycles. The van der Waals surface area contributed by atoms with Crippen LogP contribution in [-0.4, -0.2) is 65.0 Å². The highest BCUT2D eigenvalue weighted by molar-refractivity contribution is 7.89. The van der Waals surface area contributed by atoms with Crippen molar-refractivity contribution in [1.82, 2.24) is 9.62 Å². The minimum Gasteiger partial charge on any atom is -0.485 e. The molecule has 3 heterocycles. The number of morpholine rings is 1. The lowest BCUT2D eigenvalue weighted by Crippen LogP contribution is -2.50. The van der Waals surface area contributed by atoms with Crippen LogP contribution in [0.2, 0.25) is 0 Å². The monoisotopic (exact) mass is 462 g/mol. The summed E-state index contributed by atoms with van der Waals surface area (Å²) in [7, 11) is -3.80. The highest BCUT2D eigenvalue weighted by Crippen LogP contribution is 2.35. The zero-order valence-corrected chi connectivity index (χ0v) is 17.9. The van der Waals surface area contributed by atoms with Gasteiger partial charge >= 0.3 is 0 Å². The van der Waals surface area contributed by atoms with E-state index in [2.05, 4.69) is 4.72 Å². The predicted molar refractivity (Wildman–Crippen MR) is 110 cm³/mol. The number of amides is 1. The Kier molecular flexibility index (Phi) is 5.53. The van der Waals surface area contributed by atoms with Crippen LogP contribution < -0.4 is 23.7 Å². The Labute approximate surface area is 185 Å². The summed E-state index contributed by atoms with van der Waals surface area (Å²) >= 11 is 0. The van der Waals surface area contributed by atoms with Crippen molar-refractivity contribution in [2.75, 3.05) is 39.7 Å². The molecule has 170 valence electrons. The van der Waals surface area contributed by atoms with Gasteiger partial charge in [-0.05, 0) is 29.8 Å². The molecule has 2 aromatic carbocycles. The Morgan fingerprint density at radius 1 is 0.969 bits per heavy atom. The molecule has 5 rings (SSSR count). The quantitative estimate of drug-likeness (QED) is 0.697. The second-order valence-electron chi connectivity index (χ2n) is 7.48. The normalized spacial score (nSPS) is 19.6. The molecule has 0 spiro atoms. The van der Waals surface area contributed by atoms with E-state index in [0.717, 1.165) is 5.56 Å². The summed E-state index contributed by atoms with van der Waals surface area (Å²) in [6.07, 6.45) is -0.771. The lowest BCUT2D eigenvalue weighted by atomic mass is 10.2. The Hall–Kier alpha value is -3.02. The first kappa shape index (κ1) is 20.9. The van der Waals surface area contributed by atoms with E-state index in [1.165, 1.54) is 18.2 Å². The van der Waals surface area contributed by atoms with Gasteiger partial charge in [0.1, 0.15) is 6.61 Å². The summed E-state index contributed by atoms with van der Waals surface area (Å²) in [5, 5.41) is 0. The standard InChI is InChI=1S/C21H22N2O8S/c24-21(23-5-7-27-8-6-23)20-12-28-19-10-15(2-4-17(19)31-20)32(25,26)22-11-14-1-3-16-18(9-14)30-13-29-16/h1-4,9-10,20,22H,5-8,11-13H2/t20-/m1/s1. The number of benzene rings is 2. The lowest BCUT2D eigenvalue weighted by Gasteiger charge is -2.32. The van der Waals surface area contributed by atoms with Crippen molar-refractivity contribution in [1.29, 1.82) is 0 Å². The van der Waals surface area contributed by atoms with Crippen LogP contribution in [0.3, 0.4) is 0 Å². The molecule has 0 unspecified atom stereocenters. The molecule has 10 nitrogen and oxygen atoms in total. The molecular formula is C21H22N2O8S. The van der Waals surface area contributed by atoms with Gasteiger partial charge in [-0.25, -0.2) is 13.1 Å². The zero-order valence-electron chi connectivity index (χ0n) is 17.1. The van der Waals surface area contributed by atoms with Crippen LogP contribution in [0.4, 0.5) is 0 Å². The summed E-state index contributed by atoms with van der Waals surface area (Å²) in [5.41, 5.74) is 0.736. The smallest absolute Gasteiger partial charge is 0.267 e. The Balaban J connectivity index is 1.25. The summed E-state index contributed by atoms with van der Waals surface area (Å²) in [5.74, 6) is 1.66. The number of ether oxygens (including phenoxy) is 5. The molecule has 1 N–H and O–H groups in total. The number of rotatable bonds is 5. The average molecular weight is 462 g/mol. The molecule has 0 bridgehead atoms. The van der Waals surface area contributed by atoms with Crippen LogP contribution in [0, 0.1) is 0 Å². The van der Waals surface area contributed by atoms with Crippen molar-refractivity contribution in [3.05, 3.63) is 42.0 Å². The van der Waals surface area contributed by atoms with E-state index in [-0.39, 0.29) is 36.5 Å². The van der Waals surface area contributed by atoms with Crippen LogP contribution >= 0.6 is 0 Å². The molecule has 32 heavy (non-hydrogen) atoms. The van der Waals surface area contributed by atoms with Crippen LogP contribution in [0.5, 0.6) is 23.0 Å². The Bertz CT molecular complexity index is 1130. The van der Waals surface area contributed by atoms with Gasteiger partial charge in [-0.1, -0.05) is 6.07 Å². The van der Waals surface area contributed by atoms with E-state index in [0.29, 0.717) is 43.6 Å². The number of sulfonamides is 1. The number of nitrogens with zero attached hydrogens (tertiary/aromatic N) is 1. The second-order valence-corrected chi connectivity index (χ2v) is 9.24. The topological polar surface area (TPSA) is 113 Å². The fourth-order valence-corrected chi connectivity index (χ4v) is 4.67. The third-order valence-corrected chi connectivity index (χ3v) is 6.79. The highest BCUT2D eigenvalue weighted by Gasteiger charge is 2.32. The maximum Gasteiger partial charge on any atom is 0.267 e. The fourth-order valence-electron chi connectivity index (χ4n) is 3.64. The number of carbonyl (C=O) groups is 1. The van der Waals surface area contributed by atoms with Gasteiger partial charge in [-0.15, -0.1) is 0 Å². The van der Waals surface area contributed by atoms with E-state index in [9.17, 15) is 13.2 Å². The summed E-state index contributed by atoms with van der Waals surface area (Å²) in [6.45, 7) is 2.27. The van der Waals surface area contributed by atoms with Gasteiger partial charge in [0, 0.05) is 25.7 Å². The van der Waals surface area contributed by atoms with Crippen molar-refractivity contribution in [3.8, 4) is 23.0 Å². The van der Waals surface area contributed by atoms with Gasteiger partial charge < -0.3 is 28.6 Å². The molecular weight excluding hydrogens is 440 g/mol. The largest absolute Gasteiger partial charge is 0.485 e. The predicted octanol–water partition coefficient (Wildman–Crippen LogP) is 0.892. The summed E-state index contributed by atoms with van der Waals surface area (Å²) < 4.78 is 55.4. The SMILES string of the molecule is O=C([C@H]1COc2cc(S(=O)(=O)NCc3ccc4c(c3)OCO4)ccc2O1)N1CCOCC1. The van der Waals surface area contributed by atoms with Gasteiger partial charge in [0.05, 0.1) is 18.1 Å². The van der Waals surface area contributed by atoms with Gasteiger partial charge in [-0.2, -0.15) is 0 Å². The number of hydrogen-bond acceptors (Lipinski definition) is 8. The molecule has 0 radical (unpaired) electrons. The first-order chi connectivity index (χ1) is 15.5. The first-order valence-corrected chi connectivity index (χ1v) is 11.7. The van der Waals surface area contributed by atoms with Gasteiger partial charge in [0.2, 0.25) is 22.9 Å². The molecule has 0 aromatic heterocycles. The molecule has 11 heteroatoms. The van der Waals surface area contributed by atoms with Crippen molar-refractivity contribution in [2.45, 2.75) is 17.5 Å². The third kappa shape index (κ3) is 4.18. The van der Waals surface area contributed by atoms with Crippen LogP contribution in [0.1, 0.15) is 5.56 Å². The fraction of sp³-hybridized carbons (Fsp3) is 0.381. The Morgan fingerprint density at radius 2 is 1.72 bits per heavy atom. The maximum absolute atomic E-state index is 12.8. The maximum atomic E-state index is 12.8. The molecule has 1 fully saturated rings. The lowest BCUT2D eigenvalue weighted by molar-refractivity contribution is -0.145. The van der Waals surface area contributed by atoms with Crippen molar-refractivity contribution in [3.63, 3.8) is 0 Å². The second kappa shape index (κ2) is 8.49. The average Bonchev–Trinajstić information content (AvgIpc) is 3.30. The number of hydrogen-bond donors (Lipinski definition) is 1. The van der Waals surface area contributed by atoms with Crippen LogP contribution in [0.15, 0.2) is 41.3 Å². The van der Waals surface area contributed by atoms with Crippen molar-refractivity contribution < 1.29 is 36.9 Å². The van der Waals surface area contributed by atoms with Gasteiger partial charge in [0.25, 0.3) is 5.91 Å². The van der Waals surface area contributed by atoms with Gasteiger partial charge in [0.15, 0.2) is 23.0 Å². The van der Waals surface area contributed by atoms with E-state index in [4.69, 9.17) is 23.7 Å². The van der Waals surface area contributed by atoms with E-state index >= 15 is 0 Å². The third-order valence-electron chi connectivity index (χ3n) is 5.39. The minimum atomic E-state index is -3.80. The van der Waals surface area contributed by atoms with E-state index < -0.39 is 16.1 Å². The minimum absolute atomic E-state index is 0.0112. The molecule has 1 amide bonds. The molecule has 1 atom stereocenters. The highest BCUT2D eigenvalue weighted by atomic mass is 32.2. The first-order valence-electron chi connectivity index (χ1n) is 10.2. The van der Waals surface area contributed by atoms with Crippen LogP contribution in [-0.2, 0) is 26.1 Å². The zero-order chi connectivity index (χ0) is 22.1.